The minimum absolute atomic E-state index is 0.592. The number of likely N-dealkylation sites (tertiary alicyclic amines) is 2. The van der Waals surface area contributed by atoms with Gasteiger partial charge in [0.05, 0.1) is 0 Å². The lowest BCUT2D eigenvalue weighted by Gasteiger charge is -2.41. The molecule has 4 rings (SSSR count). The fraction of sp³-hybridized carbons (Fsp3) is 0.750. The average Bonchev–Trinajstić information content (AvgIpc) is 3.01. The molecular formula is C20H31N3O. The largest absolute Gasteiger partial charge is 0.381 e. The zero-order valence-corrected chi connectivity index (χ0v) is 14.8. The molecule has 3 aliphatic heterocycles. The van der Waals surface area contributed by atoms with Gasteiger partial charge >= 0.3 is 0 Å². The monoisotopic (exact) mass is 329 g/mol. The maximum atomic E-state index is 5.50. The molecule has 4 nitrogen and oxygen atoms in total. The lowest BCUT2D eigenvalue weighted by Crippen LogP contribution is -2.43. The molecule has 0 radical (unpaired) electrons. The van der Waals surface area contributed by atoms with E-state index >= 15 is 0 Å². The van der Waals surface area contributed by atoms with Crippen LogP contribution in [0, 0.1) is 11.3 Å². The molecule has 0 atom stereocenters. The molecule has 0 saturated carbocycles. The van der Waals surface area contributed by atoms with Crippen LogP contribution in [0.15, 0.2) is 24.5 Å². The van der Waals surface area contributed by atoms with Crippen molar-refractivity contribution in [1.82, 2.24) is 14.8 Å². The van der Waals surface area contributed by atoms with Crippen molar-refractivity contribution in [3.05, 3.63) is 30.1 Å². The number of aromatic nitrogens is 1. The predicted octanol–water partition coefficient (Wildman–Crippen LogP) is 2.80. The van der Waals surface area contributed by atoms with E-state index in [4.69, 9.17) is 4.74 Å². The highest BCUT2D eigenvalue weighted by molar-refractivity contribution is 5.09. The predicted molar refractivity (Wildman–Crippen MR) is 95.8 cm³/mol. The Kier molecular flexibility index (Phi) is 5.16. The van der Waals surface area contributed by atoms with E-state index in [0.717, 1.165) is 25.7 Å². The second kappa shape index (κ2) is 7.51. The van der Waals surface area contributed by atoms with Gasteiger partial charge in [0.25, 0.3) is 0 Å². The van der Waals surface area contributed by atoms with Gasteiger partial charge in [-0.3, -0.25) is 9.88 Å². The first-order chi connectivity index (χ1) is 11.8. The van der Waals surface area contributed by atoms with Gasteiger partial charge < -0.3 is 9.64 Å². The molecule has 0 unspecified atom stereocenters. The molecule has 0 aliphatic carbocycles. The summed E-state index contributed by atoms with van der Waals surface area (Å²) in [5, 5.41) is 0. The van der Waals surface area contributed by atoms with Crippen LogP contribution < -0.4 is 0 Å². The maximum Gasteiger partial charge on any atom is 0.0469 e. The van der Waals surface area contributed by atoms with E-state index in [-0.39, 0.29) is 0 Å². The summed E-state index contributed by atoms with van der Waals surface area (Å²) in [5.74, 6) is 0.874. The van der Waals surface area contributed by atoms with E-state index in [1.54, 1.807) is 0 Å². The van der Waals surface area contributed by atoms with Gasteiger partial charge in [0.1, 0.15) is 0 Å². The van der Waals surface area contributed by atoms with Crippen LogP contribution >= 0.6 is 0 Å². The summed E-state index contributed by atoms with van der Waals surface area (Å²) in [5.41, 5.74) is 1.94. The van der Waals surface area contributed by atoms with Crippen LogP contribution in [0.25, 0.3) is 0 Å². The Morgan fingerprint density at radius 1 is 1.08 bits per heavy atom. The molecule has 4 heterocycles. The number of nitrogens with zero attached hydrogens (tertiary/aromatic N) is 3. The standard InChI is InChI=1S/C20H31N3O/c1-2-19(14-21-8-1)16-23-11-7-20(17-23)5-9-22(10-6-20)15-18-3-12-24-13-4-18/h1-2,8,14,18H,3-7,9-13,15-17H2. The Labute approximate surface area is 146 Å². The lowest BCUT2D eigenvalue weighted by atomic mass is 9.77. The van der Waals surface area contributed by atoms with Crippen LogP contribution in [-0.2, 0) is 11.3 Å². The van der Waals surface area contributed by atoms with Gasteiger partial charge in [0.2, 0.25) is 0 Å². The summed E-state index contributed by atoms with van der Waals surface area (Å²) in [7, 11) is 0. The number of hydrogen-bond acceptors (Lipinski definition) is 4. The highest BCUT2D eigenvalue weighted by Gasteiger charge is 2.40. The third kappa shape index (κ3) is 3.98. The van der Waals surface area contributed by atoms with Crippen LogP contribution in [0.4, 0.5) is 0 Å². The van der Waals surface area contributed by atoms with Crippen molar-refractivity contribution < 1.29 is 4.74 Å². The molecule has 24 heavy (non-hydrogen) atoms. The van der Waals surface area contributed by atoms with Crippen molar-refractivity contribution in [3.63, 3.8) is 0 Å². The van der Waals surface area contributed by atoms with E-state index in [1.165, 1.54) is 70.4 Å². The molecule has 3 aliphatic rings. The van der Waals surface area contributed by atoms with Gasteiger partial charge in [-0.05, 0) is 74.7 Å². The summed E-state index contributed by atoms with van der Waals surface area (Å²) >= 11 is 0. The first-order valence-corrected chi connectivity index (χ1v) is 9.73. The molecule has 1 spiro atoms. The summed E-state index contributed by atoms with van der Waals surface area (Å²) in [6.07, 6.45) is 10.6. The Morgan fingerprint density at radius 2 is 1.83 bits per heavy atom. The Balaban J connectivity index is 1.25. The molecule has 3 fully saturated rings. The molecule has 0 amide bonds. The van der Waals surface area contributed by atoms with E-state index < -0.39 is 0 Å². The molecule has 1 aromatic heterocycles. The summed E-state index contributed by atoms with van der Waals surface area (Å²) < 4.78 is 5.50. The number of hydrogen-bond donors (Lipinski definition) is 0. The van der Waals surface area contributed by atoms with Crippen molar-refractivity contribution in [2.24, 2.45) is 11.3 Å². The first kappa shape index (κ1) is 16.5. The summed E-state index contributed by atoms with van der Waals surface area (Å²) in [6, 6.07) is 4.25. The van der Waals surface area contributed by atoms with E-state index in [9.17, 15) is 0 Å². The zero-order valence-electron chi connectivity index (χ0n) is 14.8. The average molecular weight is 329 g/mol. The van der Waals surface area contributed by atoms with Crippen molar-refractivity contribution in [1.29, 1.82) is 0 Å². The van der Waals surface area contributed by atoms with Crippen LogP contribution in [-0.4, -0.2) is 60.7 Å². The van der Waals surface area contributed by atoms with Gasteiger partial charge in [0, 0.05) is 45.2 Å². The summed E-state index contributed by atoms with van der Waals surface area (Å²) in [4.78, 5) is 9.63. The molecule has 0 bridgehead atoms. The Bertz CT molecular complexity index is 507. The van der Waals surface area contributed by atoms with Gasteiger partial charge in [-0.2, -0.15) is 0 Å². The van der Waals surface area contributed by atoms with Gasteiger partial charge in [-0.25, -0.2) is 0 Å². The second-order valence-corrected chi connectivity index (χ2v) is 8.18. The topological polar surface area (TPSA) is 28.6 Å². The van der Waals surface area contributed by atoms with Crippen molar-refractivity contribution in [2.45, 2.75) is 38.6 Å². The Hall–Kier alpha value is -0.970. The zero-order chi connectivity index (χ0) is 16.2. The van der Waals surface area contributed by atoms with Crippen LogP contribution in [0.5, 0.6) is 0 Å². The van der Waals surface area contributed by atoms with E-state index in [1.807, 2.05) is 12.4 Å². The van der Waals surface area contributed by atoms with Crippen LogP contribution in [0.3, 0.4) is 0 Å². The number of ether oxygens (including phenoxy) is 1. The third-order valence-corrected chi connectivity index (χ3v) is 6.42. The van der Waals surface area contributed by atoms with E-state index in [0.29, 0.717) is 5.41 Å². The molecule has 132 valence electrons. The molecule has 1 aromatic rings. The fourth-order valence-corrected chi connectivity index (χ4v) is 4.82. The van der Waals surface area contributed by atoms with Crippen molar-refractivity contribution in [2.75, 3.05) is 45.9 Å². The van der Waals surface area contributed by atoms with Crippen LogP contribution in [0.1, 0.15) is 37.7 Å². The molecule has 0 aromatic carbocycles. The van der Waals surface area contributed by atoms with Gasteiger partial charge in [0.15, 0.2) is 0 Å². The fourth-order valence-electron chi connectivity index (χ4n) is 4.82. The number of piperidine rings is 1. The summed E-state index contributed by atoms with van der Waals surface area (Å²) in [6.45, 7) is 9.48. The third-order valence-electron chi connectivity index (χ3n) is 6.42. The smallest absolute Gasteiger partial charge is 0.0469 e. The Morgan fingerprint density at radius 3 is 2.54 bits per heavy atom. The minimum atomic E-state index is 0.592. The molecule has 3 saturated heterocycles. The van der Waals surface area contributed by atoms with Gasteiger partial charge in [-0.15, -0.1) is 0 Å². The normalized spacial score (nSPS) is 26.2. The van der Waals surface area contributed by atoms with Crippen LogP contribution in [0.2, 0.25) is 0 Å². The lowest BCUT2D eigenvalue weighted by molar-refractivity contribution is 0.0375. The van der Waals surface area contributed by atoms with E-state index in [2.05, 4.69) is 26.9 Å². The van der Waals surface area contributed by atoms with Gasteiger partial charge in [-0.1, -0.05) is 6.07 Å². The highest BCUT2D eigenvalue weighted by Crippen LogP contribution is 2.41. The quantitative estimate of drug-likeness (QED) is 0.849. The molecule has 0 N–H and O–H groups in total. The highest BCUT2D eigenvalue weighted by atomic mass is 16.5. The second-order valence-electron chi connectivity index (χ2n) is 8.18. The SMILES string of the molecule is c1cncc(CN2CCC3(CCN(CC4CCOCC4)CC3)C2)c1. The first-order valence-electron chi connectivity index (χ1n) is 9.73. The number of pyridine rings is 1. The number of rotatable bonds is 4. The minimum Gasteiger partial charge on any atom is -0.381 e. The molecule has 4 heteroatoms. The molecular weight excluding hydrogens is 298 g/mol. The van der Waals surface area contributed by atoms with Crippen molar-refractivity contribution >= 4 is 0 Å². The maximum absolute atomic E-state index is 5.50. The van der Waals surface area contributed by atoms with Crippen molar-refractivity contribution in [3.8, 4) is 0 Å².